The molecule has 0 aliphatic carbocycles. The molecule has 2 rings (SSSR count). The fourth-order valence-electron chi connectivity index (χ4n) is 1.81. The van der Waals surface area contributed by atoms with E-state index in [1.807, 2.05) is 0 Å². The molecule has 0 atom stereocenters. The van der Waals surface area contributed by atoms with Gasteiger partial charge < -0.3 is 5.11 Å². The Morgan fingerprint density at radius 2 is 1.75 bits per heavy atom. The summed E-state index contributed by atoms with van der Waals surface area (Å²) in [4.78, 5) is 9.86. The largest absolute Gasteiger partial charge is 0.478 e. The summed E-state index contributed by atoms with van der Waals surface area (Å²) in [5.74, 6) is -2.72. The van der Waals surface area contributed by atoms with E-state index < -0.39 is 49.7 Å². The van der Waals surface area contributed by atoms with Crippen molar-refractivity contribution in [3.63, 3.8) is 0 Å². The van der Waals surface area contributed by atoms with Crippen LogP contribution in [0.15, 0.2) is 47.4 Å². The van der Waals surface area contributed by atoms with Crippen LogP contribution in [-0.4, -0.2) is 19.5 Å². The summed E-state index contributed by atoms with van der Waals surface area (Å²) >= 11 is 0. The number of carbonyl (C=O) groups is 1. The van der Waals surface area contributed by atoms with E-state index in [1.165, 1.54) is 0 Å². The minimum Gasteiger partial charge on any atom is -0.478 e. The summed E-state index contributed by atoms with van der Waals surface area (Å²) in [6.07, 6.45) is -4.68. The van der Waals surface area contributed by atoms with Crippen LogP contribution in [0.25, 0.3) is 0 Å². The van der Waals surface area contributed by atoms with Crippen LogP contribution in [0.1, 0.15) is 15.9 Å². The summed E-state index contributed by atoms with van der Waals surface area (Å²) in [6.45, 7) is 0. The molecule has 0 amide bonds. The molecule has 0 heterocycles. The number of rotatable bonds is 4. The first-order chi connectivity index (χ1) is 11.0. The van der Waals surface area contributed by atoms with Gasteiger partial charge in [0.15, 0.2) is 0 Å². The predicted molar refractivity (Wildman–Crippen MR) is 75.6 cm³/mol. The van der Waals surface area contributed by atoms with Crippen molar-refractivity contribution in [1.29, 1.82) is 0 Å². The SMILES string of the molecule is O=C(O)c1ccc(F)c(S(=O)(=O)Nc2cccc(C(F)(F)F)c2)c1. The fraction of sp³-hybridized carbons (Fsp3) is 0.0714. The number of nitrogens with one attached hydrogen (secondary N) is 1. The van der Waals surface area contributed by atoms with Crippen molar-refractivity contribution in [3.05, 3.63) is 59.4 Å². The average molecular weight is 363 g/mol. The maximum Gasteiger partial charge on any atom is 0.416 e. The molecule has 24 heavy (non-hydrogen) atoms. The number of benzene rings is 2. The summed E-state index contributed by atoms with van der Waals surface area (Å²) in [5, 5.41) is 8.82. The second-order valence-electron chi connectivity index (χ2n) is 4.63. The van der Waals surface area contributed by atoms with Gasteiger partial charge in [0.2, 0.25) is 0 Å². The predicted octanol–water partition coefficient (Wildman–Crippen LogP) is 3.34. The maximum absolute atomic E-state index is 13.7. The molecule has 0 aliphatic heterocycles. The lowest BCUT2D eigenvalue weighted by Gasteiger charge is -2.12. The third-order valence-electron chi connectivity index (χ3n) is 2.91. The van der Waals surface area contributed by atoms with Crippen molar-refractivity contribution in [2.45, 2.75) is 11.1 Å². The molecule has 0 aliphatic rings. The third kappa shape index (κ3) is 3.82. The van der Waals surface area contributed by atoms with Gasteiger partial charge in [0.05, 0.1) is 11.1 Å². The van der Waals surface area contributed by atoms with Crippen LogP contribution in [0.3, 0.4) is 0 Å². The lowest BCUT2D eigenvalue weighted by atomic mass is 10.2. The Balaban J connectivity index is 2.43. The monoisotopic (exact) mass is 363 g/mol. The van der Waals surface area contributed by atoms with Crippen LogP contribution in [-0.2, 0) is 16.2 Å². The minimum atomic E-state index is -4.68. The highest BCUT2D eigenvalue weighted by atomic mass is 32.2. The Kier molecular flexibility index (Phi) is 4.52. The van der Waals surface area contributed by atoms with Crippen molar-refractivity contribution in [3.8, 4) is 0 Å². The van der Waals surface area contributed by atoms with Crippen LogP contribution in [0, 0.1) is 5.82 Å². The molecule has 0 fully saturated rings. The molecule has 0 saturated heterocycles. The average Bonchev–Trinajstić information content (AvgIpc) is 2.46. The number of aromatic carboxylic acids is 1. The van der Waals surface area contributed by atoms with Crippen LogP contribution < -0.4 is 4.72 Å². The molecule has 2 aromatic carbocycles. The van der Waals surface area contributed by atoms with E-state index in [1.54, 1.807) is 4.72 Å². The van der Waals surface area contributed by atoms with Gasteiger partial charge in [-0.1, -0.05) is 6.07 Å². The lowest BCUT2D eigenvalue weighted by molar-refractivity contribution is -0.137. The van der Waals surface area contributed by atoms with Gasteiger partial charge in [-0.15, -0.1) is 0 Å². The Hall–Kier alpha value is -2.62. The lowest BCUT2D eigenvalue weighted by Crippen LogP contribution is -2.16. The van der Waals surface area contributed by atoms with Crippen LogP contribution in [0.5, 0.6) is 0 Å². The Morgan fingerprint density at radius 1 is 1.08 bits per heavy atom. The molecule has 10 heteroatoms. The van der Waals surface area contributed by atoms with E-state index in [0.717, 1.165) is 24.3 Å². The molecular formula is C14H9F4NO4S. The van der Waals surface area contributed by atoms with E-state index in [4.69, 9.17) is 5.11 Å². The van der Waals surface area contributed by atoms with Gasteiger partial charge >= 0.3 is 12.1 Å². The zero-order chi connectivity index (χ0) is 18.1. The van der Waals surface area contributed by atoms with E-state index >= 15 is 0 Å². The standard InChI is InChI=1S/C14H9F4NO4S/c15-11-5-4-8(13(20)21)6-12(11)24(22,23)19-10-3-1-2-9(7-10)14(16,17)18/h1-7,19H,(H,20,21). The Bertz CT molecular complexity index is 894. The summed E-state index contributed by atoms with van der Waals surface area (Å²) in [6, 6.07) is 5.38. The molecule has 2 N–H and O–H groups in total. The van der Waals surface area contributed by atoms with E-state index in [2.05, 4.69) is 0 Å². The second-order valence-corrected chi connectivity index (χ2v) is 6.29. The first-order valence-electron chi connectivity index (χ1n) is 6.23. The van der Waals surface area contributed by atoms with E-state index in [-0.39, 0.29) is 0 Å². The van der Waals surface area contributed by atoms with Gasteiger partial charge in [-0.25, -0.2) is 17.6 Å². The smallest absolute Gasteiger partial charge is 0.416 e. The van der Waals surface area contributed by atoms with Crippen LogP contribution >= 0.6 is 0 Å². The molecule has 0 bridgehead atoms. The molecule has 128 valence electrons. The highest BCUT2D eigenvalue weighted by Gasteiger charge is 2.31. The maximum atomic E-state index is 13.7. The normalized spacial score (nSPS) is 12.0. The zero-order valence-electron chi connectivity index (χ0n) is 11.6. The molecular weight excluding hydrogens is 354 g/mol. The Morgan fingerprint density at radius 3 is 2.33 bits per heavy atom. The molecule has 2 aromatic rings. The summed E-state index contributed by atoms with van der Waals surface area (Å²) in [5.41, 5.74) is -2.02. The first-order valence-corrected chi connectivity index (χ1v) is 7.72. The topological polar surface area (TPSA) is 83.5 Å². The Labute approximate surface area is 133 Å². The van der Waals surface area contributed by atoms with Gasteiger partial charge in [-0.2, -0.15) is 13.2 Å². The number of sulfonamides is 1. The van der Waals surface area contributed by atoms with Crippen molar-refractivity contribution in [2.24, 2.45) is 0 Å². The summed E-state index contributed by atoms with van der Waals surface area (Å²) < 4.78 is 77.6. The highest BCUT2D eigenvalue weighted by Crippen LogP contribution is 2.31. The van der Waals surface area contributed by atoms with Gasteiger partial charge in [0, 0.05) is 5.69 Å². The summed E-state index contributed by atoms with van der Waals surface area (Å²) in [7, 11) is -4.62. The molecule has 5 nitrogen and oxygen atoms in total. The van der Waals surface area contributed by atoms with E-state index in [0.29, 0.717) is 18.2 Å². The number of anilines is 1. The number of hydrogen-bond acceptors (Lipinski definition) is 3. The van der Waals surface area contributed by atoms with Crippen molar-refractivity contribution >= 4 is 21.7 Å². The molecule has 0 aromatic heterocycles. The van der Waals surface area contributed by atoms with Gasteiger partial charge in [0.1, 0.15) is 10.7 Å². The van der Waals surface area contributed by atoms with Gasteiger partial charge in [0.25, 0.3) is 10.0 Å². The van der Waals surface area contributed by atoms with Crippen molar-refractivity contribution in [1.82, 2.24) is 0 Å². The van der Waals surface area contributed by atoms with Crippen molar-refractivity contribution in [2.75, 3.05) is 4.72 Å². The molecule has 0 unspecified atom stereocenters. The number of carboxylic acid groups (broad SMARTS) is 1. The number of carboxylic acids is 1. The fourth-order valence-corrected chi connectivity index (χ4v) is 2.97. The third-order valence-corrected chi connectivity index (χ3v) is 4.31. The number of alkyl halides is 3. The van der Waals surface area contributed by atoms with Crippen LogP contribution in [0.2, 0.25) is 0 Å². The second kappa shape index (κ2) is 6.11. The number of hydrogen-bond donors (Lipinski definition) is 2. The molecule has 0 saturated carbocycles. The highest BCUT2D eigenvalue weighted by molar-refractivity contribution is 7.92. The van der Waals surface area contributed by atoms with Gasteiger partial charge in [-0.05, 0) is 36.4 Å². The minimum absolute atomic E-state index is 0.440. The number of halogens is 4. The quantitative estimate of drug-likeness (QED) is 0.816. The zero-order valence-corrected chi connectivity index (χ0v) is 12.5. The van der Waals surface area contributed by atoms with E-state index in [9.17, 15) is 30.8 Å². The first kappa shape index (κ1) is 17.7. The molecule has 0 radical (unpaired) electrons. The van der Waals surface area contributed by atoms with Crippen LogP contribution in [0.4, 0.5) is 23.2 Å². The van der Waals surface area contributed by atoms with Gasteiger partial charge in [-0.3, -0.25) is 4.72 Å². The van der Waals surface area contributed by atoms with Crippen molar-refractivity contribution < 1.29 is 35.9 Å². The molecule has 0 spiro atoms.